The van der Waals surface area contributed by atoms with Gasteiger partial charge in [-0.2, -0.15) is 4.98 Å². The molecule has 2 amide bonds. The second-order valence-electron chi connectivity index (χ2n) is 9.22. The minimum atomic E-state index is -0.130. The van der Waals surface area contributed by atoms with E-state index in [0.29, 0.717) is 49.3 Å². The maximum atomic E-state index is 13.3. The smallest absolute Gasteiger partial charge is 0.280 e. The van der Waals surface area contributed by atoms with E-state index in [-0.39, 0.29) is 11.8 Å². The highest BCUT2D eigenvalue weighted by Gasteiger charge is 2.34. The summed E-state index contributed by atoms with van der Waals surface area (Å²) in [5, 5.41) is 5.03. The van der Waals surface area contributed by atoms with Crippen LogP contribution in [0.25, 0.3) is 0 Å². The molecule has 2 aliphatic rings. The van der Waals surface area contributed by atoms with Crippen molar-refractivity contribution in [1.29, 1.82) is 0 Å². The molecule has 1 saturated heterocycles. The maximum absolute atomic E-state index is 13.3. The lowest BCUT2D eigenvalue weighted by Crippen LogP contribution is -2.48. The van der Waals surface area contributed by atoms with Crippen molar-refractivity contribution in [2.24, 2.45) is 0 Å². The fraction of sp³-hybridized carbons (Fsp3) is 0.370. The molecule has 11 heteroatoms. The van der Waals surface area contributed by atoms with Gasteiger partial charge in [0.1, 0.15) is 10.7 Å². The van der Waals surface area contributed by atoms with Crippen molar-refractivity contribution in [1.82, 2.24) is 19.9 Å². The molecule has 1 aromatic carbocycles. The molecule has 2 aliphatic heterocycles. The Morgan fingerprint density at radius 3 is 2.50 bits per heavy atom. The van der Waals surface area contributed by atoms with Gasteiger partial charge in [-0.3, -0.25) is 9.59 Å². The number of fused-ring (bicyclic) bond motifs is 2. The predicted octanol–water partition coefficient (Wildman–Crippen LogP) is 4.27. The first kappa shape index (κ1) is 25.7. The lowest BCUT2D eigenvalue weighted by atomic mass is 10.1. The van der Waals surface area contributed by atoms with Gasteiger partial charge >= 0.3 is 0 Å². The number of aryl methyl sites for hydroxylation is 2. The molecule has 1 fully saturated rings. The number of benzene rings is 1. The highest BCUT2D eigenvalue weighted by molar-refractivity contribution is 7.16. The molecule has 38 heavy (non-hydrogen) atoms. The van der Waals surface area contributed by atoms with Gasteiger partial charge < -0.3 is 24.9 Å². The number of amides is 2. The third-order valence-corrected chi connectivity index (χ3v) is 7.92. The Kier molecular flexibility index (Phi) is 7.02. The zero-order chi connectivity index (χ0) is 27.0. The van der Waals surface area contributed by atoms with Crippen LogP contribution < -0.4 is 20.0 Å². The van der Waals surface area contributed by atoms with Crippen LogP contribution in [0.15, 0.2) is 37.1 Å². The number of carbonyl (C=O) groups excluding carboxylic acids is 2. The van der Waals surface area contributed by atoms with Crippen LogP contribution in [-0.4, -0.2) is 70.9 Å². The van der Waals surface area contributed by atoms with E-state index < -0.39 is 0 Å². The molecule has 0 unspecified atom stereocenters. The number of hydrogen-bond donors (Lipinski definition) is 1. The summed E-state index contributed by atoms with van der Waals surface area (Å²) >= 11 is 1.50. The van der Waals surface area contributed by atoms with Crippen molar-refractivity contribution in [3.05, 3.63) is 53.3 Å². The first-order valence-corrected chi connectivity index (χ1v) is 13.6. The van der Waals surface area contributed by atoms with E-state index in [4.69, 9.17) is 4.98 Å². The van der Waals surface area contributed by atoms with Gasteiger partial charge in [0.25, 0.3) is 5.91 Å². The highest BCUT2D eigenvalue weighted by Crippen LogP contribution is 2.42. The molecule has 0 spiro atoms. The van der Waals surface area contributed by atoms with Crippen molar-refractivity contribution < 1.29 is 9.59 Å². The second kappa shape index (κ2) is 10.4. The van der Waals surface area contributed by atoms with Crippen LogP contribution in [0.4, 0.5) is 33.8 Å². The summed E-state index contributed by atoms with van der Waals surface area (Å²) in [6, 6.07) is 6.25. The Morgan fingerprint density at radius 2 is 1.84 bits per heavy atom. The molecule has 3 aromatic rings. The normalized spacial score (nSPS) is 15.2. The summed E-state index contributed by atoms with van der Waals surface area (Å²) in [5.41, 5.74) is 4.22. The molecule has 1 N–H and O–H groups in total. The third-order valence-electron chi connectivity index (χ3n) is 6.93. The molecule has 10 nitrogen and oxygen atoms in total. The minimum Gasteiger partial charge on any atom is -0.368 e. The van der Waals surface area contributed by atoms with Gasteiger partial charge in [0.15, 0.2) is 11.5 Å². The summed E-state index contributed by atoms with van der Waals surface area (Å²) in [5.74, 6) is 0.997. The standard InChI is InChI=1S/C27H32N8O2S/c1-6-22(36)33-13-11-32(12-14-33)19-9-10-20(17(4)15-19)30-27-28-16-21-24(31-27)35(8-3)26-23(29-18(5)38-26)25(37)34(21)7-2/h6,9-10,15-16H,1,7-8,11-14H2,2-5H3,(H,28,30,31). The lowest BCUT2D eigenvalue weighted by molar-refractivity contribution is -0.126. The number of aromatic nitrogens is 3. The van der Waals surface area contributed by atoms with Crippen LogP contribution in [0.1, 0.15) is 34.9 Å². The van der Waals surface area contributed by atoms with E-state index in [2.05, 4.69) is 45.8 Å². The van der Waals surface area contributed by atoms with Crippen LogP contribution in [0.3, 0.4) is 0 Å². The monoisotopic (exact) mass is 532 g/mol. The molecule has 0 saturated carbocycles. The van der Waals surface area contributed by atoms with E-state index in [1.165, 1.54) is 17.4 Å². The topological polar surface area (TPSA) is 97.8 Å². The van der Waals surface area contributed by atoms with Crippen LogP contribution in [-0.2, 0) is 4.79 Å². The van der Waals surface area contributed by atoms with E-state index in [9.17, 15) is 9.59 Å². The van der Waals surface area contributed by atoms with E-state index in [1.54, 1.807) is 11.1 Å². The van der Waals surface area contributed by atoms with Gasteiger partial charge in [0, 0.05) is 50.6 Å². The third kappa shape index (κ3) is 4.58. The van der Waals surface area contributed by atoms with Crippen LogP contribution in [0.2, 0.25) is 0 Å². The van der Waals surface area contributed by atoms with Gasteiger partial charge in [-0.15, -0.1) is 11.3 Å². The number of nitrogens with zero attached hydrogens (tertiary/aromatic N) is 7. The summed E-state index contributed by atoms with van der Waals surface area (Å²) in [4.78, 5) is 47.0. The van der Waals surface area contributed by atoms with E-state index in [1.807, 2.05) is 36.6 Å². The van der Waals surface area contributed by atoms with Crippen molar-refractivity contribution >= 4 is 57.0 Å². The summed E-state index contributed by atoms with van der Waals surface area (Å²) < 4.78 is 0. The van der Waals surface area contributed by atoms with E-state index >= 15 is 0 Å². The van der Waals surface area contributed by atoms with Gasteiger partial charge in [-0.1, -0.05) is 6.58 Å². The van der Waals surface area contributed by atoms with Crippen molar-refractivity contribution in [3.63, 3.8) is 0 Å². The Morgan fingerprint density at radius 1 is 1.11 bits per heavy atom. The lowest BCUT2D eigenvalue weighted by Gasteiger charge is -2.36. The highest BCUT2D eigenvalue weighted by atomic mass is 32.1. The first-order chi connectivity index (χ1) is 18.3. The Bertz CT molecular complexity index is 1400. The van der Waals surface area contributed by atoms with Gasteiger partial charge in [0.05, 0.1) is 11.2 Å². The second-order valence-corrected chi connectivity index (χ2v) is 10.4. The zero-order valence-corrected chi connectivity index (χ0v) is 23.0. The summed E-state index contributed by atoms with van der Waals surface area (Å²) in [7, 11) is 0. The average Bonchev–Trinajstić information content (AvgIpc) is 3.28. The SMILES string of the molecule is C=CC(=O)N1CCN(c2ccc(Nc3ncc4c(n3)N(CC)c3sc(C)nc3C(=O)N4CC)c(C)c2)CC1. The average molecular weight is 533 g/mol. The van der Waals surface area contributed by atoms with Crippen LogP contribution in [0, 0.1) is 13.8 Å². The van der Waals surface area contributed by atoms with Crippen molar-refractivity contribution in [2.75, 3.05) is 59.3 Å². The van der Waals surface area contributed by atoms with Gasteiger partial charge in [0.2, 0.25) is 11.9 Å². The van der Waals surface area contributed by atoms with Crippen molar-refractivity contribution in [3.8, 4) is 0 Å². The Balaban J connectivity index is 1.40. The molecule has 0 aliphatic carbocycles. The molecule has 0 bridgehead atoms. The Labute approximate surface area is 226 Å². The number of thiazole rings is 1. The minimum absolute atomic E-state index is 0.0177. The fourth-order valence-electron chi connectivity index (χ4n) is 4.91. The molecule has 5 rings (SSSR count). The van der Waals surface area contributed by atoms with Gasteiger partial charge in [-0.05, 0) is 57.5 Å². The van der Waals surface area contributed by atoms with Crippen molar-refractivity contribution in [2.45, 2.75) is 27.7 Å². The first-order valence-electron chi connectivity index (χ1n) is 12.8. The van der Waals surface area contributed by atoms with Crippen LogP contribution in [0.5, 0.6) is 0 Å². The summed E-state index contributed by atoms with van der Waals surface area (Å²) in [6.07, 6.45) is 3.09. The number of nitrogens with one attached hydrogen (secondary N) is 1. The zero-order valence-electron chi connectivity index (χ0n) is 22.2. The molecule has 0 radical (unpaired) electrons. The number of rotatable bonds is 6. The van der Waals surface area contributed by atoms with E-state index in [0.717, 1.165) is 40.0 Å². The molecule has 2 aromatic heterocycles. The number of hydrogen-bond acceptors (Lipinski definition) is 9. The molecular formula is C27H32N8O2S. The number of anilines is 6. The molecule has 198 valence electrons. The summed E-state index contributed by atoms with van der Waals surface area (Å²) in [6.45, 7) is 15.6. The number of piperazine rings is 1. The van der Waals surface area contributed by atoms with Gasteiger partial charge in [-0.25, -0.2) is 9.97 Å². The quantitative estimate of drug-likeness (QED) is 0.470. The number of carbonyl (C=O) groups is 2. The molecule has 0 atom stereocenters. The molecule has 4 heterocycles. The fourth-order valence-corrected chi connectivity index (χ4v) is 5.89. The maximum Gasteiger partial charge on any atom is 0.280 e. The van der Waals surface area contributed by atoms with Crippen LogP contribution >= 0.6 is 11.3 Å². The predicted molar refractivity (Wildman–Crippen MR) is 152 cm³/mol. The Hall–Kier alpha value is -3.99. The largest absolute Gasteiger partial charge is 0.368 e. The molecular weight excluding hydrogens is 500 g/mol.